The van der Waals surface area contributed by atoms with Gasteiger partial charge < -0.3 is 11.1 Å². The summed E-state index contributed by atoms with van der Waals surface area (Å²) < 4.78 is 13.9. The van der Waals surface area contributed by atoms with Gasteiger partial charge in [-0.15, -0.1) is 0 Å². The topological polar surface area (TPSA) is 55.1 Å². The van der Waals surface area contributed by atoms with Crippen molar-refractivity contribution in [3.63, 3.8) is 0 Å². The molecule has 3 nitrogen and oxygen atoms in total. The van der Waals surface area contributed by atoms with Crippen LogP contribution in [0.15, 0.2) is 42.5 Å². The number of hydrogen-bond donors (Lipinski definition) is 2. The minimum absolute atomic E-state index is 0.0999. The van der Waals surface area contributed by atoms with E-state index < -0.39 is 0 Å². The van der Waals surface area contributed by atoms with Crippen LogP contribution < -0.4 is 11.1 Å². The van der Waals surface area contributed by atoms with Crippen LogP contribution in [-0.2, 0) is 11.2 Å². The Bertz CT molecular complexity index is 700. The van der Waals surface area contributed by atoms with Gasteiger partial charge in [-0.3, -0.25) is 4.79 Å². The summed E-state index contributed by atoms with van der Waals surface area (Å²) in [4.78, 5) is 11.8. The zero-order chi connectivity index (χ0) is 15.7. The van der Waals surface area contributed by atoms with E-state index >= 15 is 0 Å². The van der Waals surface area contributed by atoms with Crippen LogP contribution in [0.3, 0.4) is 0 Å². The molecule has 2 aromatic rings. The van der Waals surface area contributed by atoms with Crippen molar-refractivity contribution in [3.8, 4) is 0 Å². The van der Waals surface area contributed by atoms with Gasteiger partial charge in [-0.2, -0.15) is 0 Å². The Kier molecular flexibility index (Phi) is 3.94. The van der Waals surface area contributed by atoms with Crippen LogP contribution in [0.4, 0.5) is 10.1 Å². The first-order valence-corrected chi connectivity index (χ1v) is 7.50. The van der Waals surface area contributed by atoms with Gasteiger partial charge in [0.1, 0.15) is 5.82 Å². The number of halogens is 1. The fourth-order valence-corrected chi connectivity index (χ4v) is 2.92. The Labute approximate surface area is 129 Å². The number of rotatable bonds is 4. The van der Waals surface area contributed by atoms with E-state index in [0.29, 0.717) is 23.2 Å². The smallest absolute Gasteiger partial charge is 0.231 e. The average Bonchev–Trinajstić information content (AvgIpc) is 2.81. The second-order valence-corrected chi connectivity index (χ2v) is 5.80. The van der Waals surface area contributed by atoms with Gasteiger partial charge in [-0.05, 0) is 48.6 Å². The zero-order valence-electron chi connectivity index (χ0n) is 12.5. The largest absolute Gasteiger partial charge is 0.325 e. The molecule has 1 amide bonds. The summed E-state index contributed by atoms with van der Waals surface area (Å²) in [6.45, 7) is 1.78. The monoisotopic (exact) mass is 298 g/mol. The van der Waals surface area contributed by atoms with Crippen LogP contribution >= 0.6 is 0 Å². The maximum atomic E-state index is 13.9. The first-order chi connectivity index (χ1) is 10.6. The van der Waals surface area contributed by atoms with Gasteiger partial charge in [0, 0.05) is 11.7 Å². The summed E-state index contributed by atoms with van der Waals surface area (Å²) in [5, 5.41) is 2.84. The fraction of sp³-hybridized carbons (Fsp3) is 0.278. The van der Waals surface area contributed by atoms with Crippen LogP contribution in [0.25, 0.3) is 0 Å². The number of aryl methyl sites for hydroxylation is 1. The fourth-order valence-electron chi connectivity index (χ4n) is 2.92. The second kappa shape index (κ2) is 5.89. The lowest BCUT2D eigenvalue weighted by Gasteiger charge is -2.16. The number of carbonyl (C=O) groups is 1. The van der Waals surface area contributed by atoms with Crippen molar-refractivity contribution in [1.82, 2.24) is 0 Å². The van der Waals surface area contributed by atoms with E-state index in [1.807, 2.05) is 30.3 Å². The van der Waals surface area contributed by atoms with Crippen molar-refractivity contribution in [3.05, 3.63) is 65.0 Å². The van der Waals surface area contributed by atoms with Crippen LogP contribution in [0, 0.1) is 5.82 Å². The first kappa shape index (κ1) is 14.7. The van der Waals surface area contributed by atoms with Crippen LogP contribution in [0.5, 0.6) is 0 Å². The van der Waals surface area contributed by atoms with Crippen LogP contribution in [0.1, 0.15) is 42.0 Å². The molecular weight excluding hydrogens is 279 g/mol. The summed E-state index contributed by atoms with van der Waals surface area (Å²) in [5.41, 5.74) is 9.54. The predicted molar refractivity (Wildman–Crippen MR) is 85.1 cm³/mol. The summed E-state index contributed by atoms with van der Waals surface area (Å²) in [7, 11) is 0. The molecule has 0 fully saturated rings. The predicted octanol–water partition coefficient (Wildman–Crippen LogP) is 3.51. The summed E-state index contributed by atoms with van der Waals surface area (Å²) in [5.74, 6) is -0.768. The number of nitrogens with two attached hydrogens (primary N) is 1. The molecule has 1 aliphatic heterocycles. The van der Waals surface area contributed by atoms with E-state index in [0.717, 1.165) is 6.42 Å². The molecule has 2 aromatic carbocycles. The van der Waals surface area contributed by atoms with Gasteiger partial charge in [0.05, 0.1) is 5.92 Å². The molecule has 2 unspecified atom stereocenters. The SMILES string of the molecule is CC1C(=O)Nc2c(C(N)CCc3ccccc3)cc(F)cc21. The second-order valence-electron chi connectivity index (χ2n) is 5.80. The molecule has 3 rings (SSSR count). The number of nitrogens with one attached hydrogen (secondary N) is 1. The van der Waals surface area contributed by atoms with Crippen LogP contribution in [-0.4, -0.2) is 5.91 Å². The summed E-state index contributed by atoms with van der Waals surface area (Å²) >= 11 is 0. The van der Waals surface area contributed by atoms with E-state index in [4.69, 9.17) is 5.73 Å². The maximum absolute atomic E-state index is 13.9. The zero-order valence-corrected chi connectivity index (χ0v) is 12.5. The molecule has 0 aromatic heterocycles. The number of anilines is 1. The Balaban J connectivity index is 1.83. The van der Waals surface area contributed by atoms with Gasteiger partial charge in [0.2, 0.25) is 5.91 Å². The highest BCUT2D eigenvalue weighted by molar-refractivity contribution is 6.03. The van der Waals surface area contributed by atoms with Crippen molar-refractivity contribution in [1.29, 1.82) is 0 Å². The molecule has 0 saturated heterocycles. The molecule has 4 heteroatoms. The summed E-state index contributed by atoms with van der Waals surface area (Å²) in [6.07, 6.45) is 1.51. The maximum Gasteiger partial charge on any atom is 0.231 e. The quantitative estimate of drug-likeness (QED) is 0.907. The molecule has 1 aliphatic rings. The molecule has 0 radical (unpaired) electrons. The van der Waals surface area contributed by atoms with E-state index in [1.54, 1.807) is 6.92 Å². The third-order valence-electron chi connectivity index (χ3n) is 4.26. The lowest BCUT2D eigenvalue weighted by molar-refractivity contribution is -0.116. The standard InChI is InChI=1S/C18H19FN2O/c1-11-14-9-13(19)10-15(17(14)21-18(11)22)16(20)8-7-12-5-3-2-4-6-12/h2-6,9-11,16H,7-8,20H2,1H3,(H,21,22). The Morgan fingerprint density at radius 3 is 2.73 bits per heavy atom. The number of hydrogen-bond acceptors (Lipinski definition) is 2. The Morgan fingerprint density at radius 1 is 1.27 bits per heavy atom. The van der Waals surface area contributed by atoms with Gasteiger partial charge >= 0.3 is 0 Å². The lowest BCUT2D eigenvalue weighted by Crippen LogP contribution is -2.14. The van der Waals surface area contributed by atoms with E-state index in [-0.39, 0.29) is 23.7 Å². The highest BCUT2D eigenvalue weighted by atomic mass is 19.1. The van der Waals surface area contributed by atoms with Gasteiger partial charge in [-0.1, -0.05) is 30.3 Å². The van der Waals surface area contributed by atoms with Gasteiger partial charge in [-0.25, -0.2) is 4.39 Å². The Hall–Kier alpha value is -2.20. The van der Waals surface area contributed by atoms with E-state index in [9.17, 15) is 9.18 Å². The molecule has 1 heterocycles. The first-order valence-electron chi connectivity index (χ1n) is 7.50. The lowest BCUT2D eigenvalue weighted by atomic mass is 9.94. The molecule has 2 atom stereocenters. The molecule has 0 bridgehead atoms. The Morgan fingerprint density at radius 2 is 2.00 bits per heavy atom. The minimum atomic E-state index is -0.340. The molecule has 22 heavy (non-hydrogen) atoms. The number of carbonyl (C=O) groups excluding carboxylic acids is 1. The molecule has 0 aliphatic carbocycles. The van der Waals surface area contributed by atoms with Crippen LogP contribution in [0.2, 0.25) is 0 Å². The van der Waals surface area contributed by atoms with Crippen molar-refractivity contribution in [2.24, 2.45) is 5.73 Å². The molecule has 3 N–H and O–H groups in total. The normalized spacial score (nSPS) is 18.0. The average molecular weight is 298 g/mol. The molecule has 114 valence electrons. The number of benzene rings is 2. The van der Waals surface area contributed by atoms with Crippen molar-refractivity contribution >= 4 is 11.6 Å². The van der Waals surface area contributed by atoms with Gasteiger partial charge in [0.25, 0.3) is 0 Å². The summed E-state index contributed by atoms with van der Waals surface area (Å²) in [6, 6.07) is 12.6. The highest BCUT2D eigenvalue weighted by Gasteiger charge is 2.30. The molecular formula is C18H19FN2O. The molecule has 0 saturated carbocycles. The van der Waals surface area contributed by atoms with Crippen molar-refractivity contribution < 1.29 is 9.18 Å². The van der Waals surface area contributed by atoms with E-state index in [1.165, 1.54) is 17.7 Å². The van der Waals surface area contributed by atoms with E-state index in [2.05, 4.69) is 5.32 Å². The third-order valence-corrected chi connectivity index (χ3v) is 4.26. The number of fused-ring (bicyclic) bond motifs is 1. The minimum Gasteiger partial charge on any atom is -0.325 e. The highest BCUT2D eigenvalue weighted by Crippen LogP contribution is 2.38. The van der Waals surface area contributed by atoms with Gasteiger partial charge in [0.15, 0.2) is 0 Å². The van der Waals surface area contributed by atoms with Crippen molar-refractivity contribution in [2.75, 3.05) is 5.32 Å². The third kappa shape index (κ3) is 2.74. The van der Waals surface area contributed by atoms with Crippen molar-refractivity contribution in [2.45, 2.75) is 31.7 Å². The molecule has 0 spiro atoms. The number of amides is 1.